The van der Waals surface area contributed by atoms with Crippen LogP contribution in [-0.2, 0) is 4.74 Å². The van der Waals surface area contributed by atoms with Crippen LogP contribution in [0.3, 0.4) is 0 Å². The number of benzene rings is 2. The first-order valence-electron chi connectivity index (χ1n) is 12.0. The first-order valence-corrected chi connectivity index (χ1v) is 13.2. The number of para-hydroxylation sites is 2. The number of imidazole rings is 1. The van der Waals surface area contributed by atoms with E-state index in [0.717, 1.165) is 75.4 Å². The molecular formula is C25H31N7OS. The van der Waals surface area contributed by atoms with Crippen molar-refractivity contribution in [2.75, 3.05) is 63.9 Å². The molecule has 1 saturated heterocycles. The number of guanidine groups is 1. The van der Waals surface area contributed by atoms with E-state index >= 15 is 0 Å². The van der Waals surface area contributed by atoms with Crippen molar-refractivity contribution in [1.29, 1.82) is 0 Å². The van der Waals surface area contributed by atoms with Gasteiger partial charge in [0, 0.05) is 24.5 Å². The van der Waals surface area contributed by atoms with Crippen LogP contribution in [0.5, 0.6) is 0 Å². The summed E-state index contributed by atoms with van der Waals surface area (Å²) < 4.78 is 7.79. The molecule has 3 aliphatic heterocycles. The summed E-state index contributed by atoms with van der Waals surface area (Å²) in [4.78, 5) is 18.4. The van der Waals surface area contributed by atoms with Crippen LogP contribution in [0.2, 0.25) is 0 Å². The number of aromatic nitrogens is 2. The highest BCUT2D eigenvalue weighted by molar-refractivity contribution is 7.98. The smallest absolute Gasteiger partial charge is 0.216 e. The number of ether oxygens (including phenoxy) is 1. The van der Waals surface area contributed by atoms with Crippen LogP contribution in [0.15, 0.2) is 58.4 Å². The maximum absolute atomic E-state index is 5.47. The van der Waals surface area contributed by atoms with Crippen LogP contribution >= 0.6 is 11.8 Å². The first kappa shape index (κ1) is 21.9. The summed E-state index contributed by atoms with van der Waals surface area (Å²) in [5.41, 5.74) is 3.35. The fourth-order valence-corrected chi connectivity index (χ4v) is 5.42. The Labute approximate surface area is 204 Å². The molecule has 0 spiro atoms. The van der Waals surface area contributed by atoms with Gasteiger partial charge in [0.05, 0.1) is 37.6 Å². The highest BCUT2D eigenvalue weighted by Crippen LogP contribution is 2.34. The molecule has 1 atom stereocenters. The van der Waals surface area contributed by atoms with E-state index in [-0.39, 0.29) is 6.17 Å². The van der Waals surface area contributed by atoms with Gasteiger partial charge in [-0.25, -0.2) is 9.98 Å². The van der Waals surface area contributed by atoms with E-state index in [2.05, 4.69) is 79.4 Å². The van der Waals surface area contributed by atoms with Crippen molar-refractivity contribution >= 4 is 34.7 Å². The van der Waals surface area contributed by atoms with E-state index in [1.807, 2.05) is 0 Å². The molecule has 8 nitrogen and oxygen atoms in total. The van der Waals surface area contributed by atoms with Crippen LogP contribution in [0.4, 0.5) is 5.95 Å². The number of fused-ring (bicyclic) bond motifs is 5. The van der Waals surface area contributed by atoms with Crippen molar-refractivity contribution in [3.05, 3.63) is 54.1 Å². The Morgan fingerprint density at radius 3 is 2.65 bits per heavy atom. The Morgan fingerprint density at radius 1 is 1.03 bits per heavy atom. The van der Waals surface area contributed by atoms with E-state index in [4.69, 9.17) is 14.7 Å². The molecule has 34 heavy (non-hydrogen) atoms. The van der Waals surface area contributed by atoms with E-state index < -0.39 is 0 Å². The second kappa shape index (κ2) is 9.58. The molecule has 2 aromatic carbocycles. The summed E-state index contributed by atoms with van der Waals surface area (Å²) in [5, 5.41) is 3.72. The maximum atomic E-state index is 5.47. The number of rotatable bonds is 6. The van der Waals surface area contributed by atoms with Gasteiger partial charge in [-0.1, -0.05) is 24.3 Å². The summed E-state index contributed by atoms with van der Waals surface area (Å²) >= 11 is 1.76. The molecule has 0 bridgehead atoms. The Hall–Kier alpha value is -2.59. The lowest BCUT2D eigenvalue weighted by Gasteiger charge is -2.42. The molecule has 1 aromatic heterocycles. The fourth-order valence-electron chi connectivity index (χ4n) is 5.01. The number of hydrogen-bond acceptors (Lipinski definition) is 8. The van der Waals surface area contributed by atoms with Crippen LogP contribution in [0.25, 0.3) is 11.0 Å². The average molecular weight is 478 g/mol. The number of aliphatic imine (C=N–C) groups is 1. The summed E-state index contributed by atoms with van der Waals surface area (Å²) in [5.74, 6) is 1.86. The average Bonchev–Trinajstić information content (AvgIpc) is 3.29. The molecule has 4 heterocycles. The van der Waals surface area contributed by atoms with Crippen molar-refractivity contribution in [3.8, 4) is 0 Å². The molecule has 6 rings (SSSR count). The fraction of sp³-hybridized carbons (Fsp3) is 0.440. The van der Waals surface area contributed by atoms with Crippen LogP contribution in [0.1, 0.15) is 18.2 Å². The zero-order chi connectivity index (χ0) is 22.9. The Kier molecular flexibility index (Phi) is 6.17. The SMILES string of the molecule is CSc1ccc([C@H]2NC3=NCN(CCCN4CCOCC4)CN3c3nc4ccccc4n32)cc1. The summed E-state index contributed by atoms with van der Waals surface area (Å²) in [7, 11) is 0. The van der Waals surface area contributed by atoms with Crippen molar-refractivity contribution in [2.24, 2.45) is 4.99 Å². The topological polar surface area (TPSA) is 61.2 Å². The number of thioether (sulfide) groups is 1. The lowest BCUT2D eigenvalue weighted by Crippen LogP contribution is -2.57. The lowest BCUT2D eigenvalue weighted by molar-refractivity contribution is 0.0361. The zero-order valence-corrected chi connectivity index (χ0v) is 20.4. The van der Waals surface area contributed by atoms with Gasteiger partial charge in [-0.2, -0.15) is 0 Å². The molecule has 1 fully saturated rings. The van der Waals surface area contributed by atoms with Gasteiger partial charge in [0.2, 0.25) is 11.9 Å². The van der Waals surface area contributed by atoms with Gasteiger partial charge in [0.1, 0.15) is 6.17 Å². The van der Waals surface area contributed by atoms with Crippen LogP contribution in [0, 0.1) is 0 Å². The number of nitrogens with one attached hydrogen (secondary N) is 1. The van der Waals surface area contributed by atoms with Crippen molar-refractivity contribution < 1.29 is 4.74 Å². The second-order valence-corrected chi connectivity index (χ2v) is 9.86. The molecule has 0 saturated carbocycles. The predicted molar refractivity (Wildman–Crippen MR) is 137 cm³/mol. The first-order chi connectivity index (χ1) is 16.8. The second-order valence-electron chi connectivity index (χ2n) is 8.99. The third-order valence-electron chi connectivity index (χ3n) is 6.84. The van der Waals surface area contributed by atoms with E-state index in [1.165, 1.54) is 10.5 Å². The van der Waals surface area contributed by atoms with Gasteiger partial charge in [0.15, 0.2) is 0 Å². The van der Waals surface area contributed by atoms with Crippen LogP contribution in [-0.4, -0.2) is 84.3 Å². The number of hydrogen-bond donors (Lipinski definition) is 1. The molecule has 0 aliphatic carbocycles. The van der Waals surface area contributed by atoms with Gasteiger partial charge >= 0.3 is 0 Å². The maximum Gasteiger partial charge on any atom is 0.216 e. The monoisotopic (exact) mass is 477 g/mol. The zero-order valence-electron chi connectivity index (χ0n) is 19.6. The molecule has 3 aromatic rings. The summed E-state index contributed by atoms with van der Waals surface area (Å²) in [6.45, 7) is 7.42. The van der Waals surface area contributed by atoms with Crippen molar-refractivity contribution in [1.82, 2.24) is 24.7 Å². The van der Waals surface area contributed by atoms with Gasteiger partial charge in [-0.05, 0) is 49.1 Å². The third kappa shape index (κ3) is 4.17. The highest BCUT2D eigenvalue weighted by Gasteiger charge is 2.35. The van der Waals surface area contributed by atoms with Gasteiger partial charge in [0.25, 0.3) is 0 Å². The number of morpholine rings is 1. The van der Waals surface area contributed by atoms with Gasteiger partial charge in [-0.3, -0.25) is 19.3 Å². The van der Waals surface area contributed by atoms with Crippen molar-refractivity contribution in [2.45, 2.75) is 17.5 Å². The molecule has 9 heteroatoms. The molecule has 3 aliphatic rings. The molecule has 1 N–H and O–H groups in total. The largest absolute Gasteiger partial charge is 0.379 e. The quantitative estimate of drug-likeness (QED) is 0.548. The molecular weight excluding hydrogens is 446 g/mol. The predicted octanol–water partition coefficient (Wildman–Crippen LogP) is 3.02. The Bertz CT molecular complexity index is 1170. The summed E-state index contributed by atoms with van der Waals surface area (Å²) in [6.07, 6.45) is 3.20. The summed E-state index contributed by atoms with van der Waals surface area (Å²) in [6, 6.07) is 17.2. The molecule has 178 valence electrons. The standard InChI is InChI=1S/C25H31N7OS/c1-34-20-9-7-19(8-10-20)23-28-24-26-17-30(12-4-11-29-13-15-33-16-14-29)18-31(24)25-27-21-5-2-3-6-22(21)32(23)25/h2-3,5-10,23H,4,11-18H2,1H3,(H,26,28)/t23-/m0/s1. The lowest BCUT2D eigenvalue weighted by atomic mass is 10.1. The van der Waals surface area contributed by atoms with Gasteiger partial charge < -0.3 is 10.1 Å². The molecule has 0 unspecified atom stereocenters. The minimum absolute atomic E-state index is 0.0406. The molecule has 0 amide bonds. The highest BCUT2D eigenvalue weighted by atomic mass is 32.2. The normalized spacial score (nSPS) is 21.1. The Balaban J connectivity index is 1.26. The van der Waals surface area contributed by atoms with E-state index in [1.54, 1.807) is 11.8 Å². The van der Waals surface area contributed by atoms with E-state index in [9.17, 15) is 0 Å². The van der Waals surface area contributed by atoms with E-state index in [0.29, 0.717) is 6.67 Å². The Morgan fingerprint density at radius 2 is 1.82 bits per heavy atom. The molecule has 0 radical (unpaired) electrons. The van der Waals surface area contributed by atoms with Gasteiger partial charge in [-0.15, -0.1) is 11.8 Å². The minimum Gasteiger partial charge on any atom is -0.379 e. The number of nitrogens with zero attached hydrogens (tertiary/aromatic N) is 6. The third-order valence-corrected chi connectivity index (χ3v) is 7.59. The van der Waals surface area contributed by atoms with Crippen LogP contribution < -0.4 is 10.2 Å². The minimum atomic E-state index is -0.0406. The van der Waals surface area contributed by atoms with Crippen molar-refractivity contribution in [3.63, 3.8) is 0 Å². The number of anilines is 1.